The van der Waals surface area contributed by atoms with E-state index in [1.54, 1.807) is 43.5 Å². The Kier molecular flexibility index (Phi) is 4.99. The van der Waals surface area contributed by atoms with Gasteiger partial charge in [-0.2, -0.15) is 0 Å². The molecular weight excluding hydrogens is 330 g/mol. The SMILES string of the molecule is COc1ccc(-c2ccc(C(=O)O)c(NC(=O)c3ccccc3)c2)cc1. The lowest BCUT2D eigenvalue weighted by molar-refractivity contribution is 0.0698. The highest BCUT2D eigenvalue weighted by Crippen LogP contribution is 2.27. The molecule has 3 aromatic carbocycles. The van der Waals surface area contributed by atoms with E-state index < -0.39 is 5.97 Å². The molecular formula is C21H17NO4. The Labute approximate surface area is 150 Å². The molecule has 0 saturated heterocycles. The number of carboxylic acids is 1. The summed E-state index contributed by atoms with van der Waals surface area (Å²) in [6, 6.07) is 20.9. The predicted molar refractivity (Wildman–Crippen MR) is 99.8 cm³/mol. The molecule has 1 amide bonds. The minimum atomic E-state index is -1.10. The van der Waals surface area contributed by atoms with Crippen LogP contribution in [0.1, 0.15) is 20.7 Å². The van der Waals surface area contributed by atoms with E-state index in [-0.39, 0.29) is 17.2 Å². The third kappa shape index (κ3) is 3.72. The first-order chi connectivity index (χ1) is 12.6. The number of carbonyl (C=O) groups is 2. The van der Waals surface area contributed by atoms with Crippen LogP contribution >= 0.6 is 0 Å². The van der Waals surface area contributed by atoms with Crippen molar-refractivity contribution in [3.63, 3.8) is 0 Å². The fourth-order valence-corrected chi connectivity index (χ4v) is 2.58. The van der Waals surface area contributed by atoms with E-state index in [1.165, 1.54) is 6.07 Å². The minimum absolute atomic E-state index is 0.0338. The van der Waals surface area contributed by atoms with Crippen molar-refractivity contribution in [2.24, 2.45) is 0 Å². The Morgan fingerprint density at radius 3 is 2.15 bits per heavy atom. The Hall–Kier alpha value is -3.60. The summed E-state index contributed by atoms with van der Waals surface area (Å²) in [5, 5.41) is 12.1. The molecule has 0 heterocycles. The summed E-state index contributed by atoms with van der Waals surface area (Å²) in [6.45, 7) is 0. The lowest BCUT2D eigenvalue weighted by atomic mass is 10.0. The molecule has 3 rings (SSSR count). The molecule has 0 aliphatic carbocycles. The Balaban J connectivity index is 1.96. The fraction of sp³-hybridized carbons (Fsp3) is 0.0476. The number of methoxy groups -OCH3 is 1. The maximum absolute atomic E-state index is 12.4. The second kappa shape index (κ2) is 7.53. The van der Waals surface area contributed by atoms with Crippen molar-refractivity contribution in [3.05, 3.63) is 83.9 Å². The number of rotatable bonds is 5. The summed E-state index contributed by atoms with van der Waals surface area (Å²) in [4.78, 5) is 23.9. The lowest BCUT2D eigenvalue weighted by Crippen LogP contribution is -2.14. The van der Waals surface area contributed by atoms with Crippen molar-refractivity contribution < 1.29 is 19.4 Å². The summed E-state index contributed by atoms with van der Waals surface area (Å²) in [5.41, 5.74) is 2.42. The molecule has 0 aliphatic heterocycles. The molecule has 0 aromatic heterocycles. The molecule has 0 spiro atoms. The van der Waals surface area contributed by atoms with Gasteiger partial charge in [0.15, 0.2) is 0 Å². The van der Waals surface area contributed by atoms with Gasteiger partial charge in [-0.25, -0.2) is 4.79 Å². The van der Waals surface area contributed by atoms with Crippen LogP contribution in [0.4, 0.5) is 5.69 Å². The van der Waals surface area contributed by atoms with Crippen LogP contribution in [0.5, 0.6) is 5.75 Å². The van der Waals surface area contributed by atoms with Crippen LogP contribution in [0.25, 0.3) is 11.1 Å². The molecule has 0 radical (unpaired) electrons. The number of amides is 1. The summed E-state index contributed by atoms with van der Waals surface area (Å²) < 4.78 is 5.15. The van der Waals surface area contributed by atoms with Crippen molar-refractivity contribution in [1.29, 1.82) is 0 Å². The van der Waals surface area contributed by atoms with E-state index in [0.717, 1.165) is 16.9 Å². The number of hydrogen-bond donors (Lipinski definition) is 2. The second-order valence-corrected chi connectivity index (χ2v) is 5.61. The van der Waals surface area contributed by atoms with Crippen molar-refractivity contribution in [3.8, 4) is 16.9 Å². The van der Waals surface area contributed by atoms with Gasteiger partial charge in [0, 0.05) is 5.56 Å². The van der Waals surface area contributed by atoms with E-state index in [1.807, 2.05) is 30.3 Å². The van der Waals surface area contributed by atoms with Crippen LogP contribution in [-0.2, 0) is 0 Å². The van der Waals surface area contributed by atoms with Crippen LogP contribution in [-0.4, -0.2) is 24.1 Å². The molecule has 0 unspecified atom stereocenters. The highest BCUT2D eigenvalue weighted by atomic mass is 16.5. The topological polar surface area (TPSA) is 75.6 Å². The third-order valence-electron chi connectivity index (χ3n) is 3.96. The van der Waals surface area contributed by atoms with E-state index in [2.05, 4.69) is 5.32 Å². The second-order valence-electron chi connectivity index (χ2n) is 5.61. The zero-order chi connectivity index (χ0) is 18.5. The summed E-state index contributed by atoms with van der Waals surface area (Å²) in [6.07, 6.45) is 0. The average molecular weight is 347 g/mol. The fourth-order valence-electron chi connectivity index (χ4n) is 2.58. The number of anilines is 1. The highest BCUT2D eigenvalue weighted by Gasteiger charge is 2.15. The van der Waals surface area contributed by atoms with Crippen LogP contribution in [0.3, 0.4) is 0 Å². The Morgan fingerprint density at radius 2 is 1.54 bits per heavy atom. The molecule has 0 saturated carbocycles. The molecule has 26 heavy (non-hydrogen) atoms. The smallest absolute Gasteiger partial charge is 0.337 e. The number of nitrogens with one attached hydrogen (secondary N) is 1. The number of ether oxygens (including phenoxy) is 1. The zero-order valence-electron chi connectivity index (χ0n) is 14.1. The van der Waals surface area contributed by atoms with Gasteiger partial charge in [-0.1, -0.05) is 36.4 Å². The molecule has 0 aliphatic rings. The van der Waals surface area contributed by atoms with Gasteiger partial charge in [0.2, 0.25) is 0 Å². The summed E-state index contributed by atoms with van der Waals surface area (Å²) in [7, 11) is 1.59. The number of carboxylic acid groups (broad SMARTS) is 1. The van der Waals surface area contributed by atoms with Crippen LogP contribution in [0.15, 0.2) is 72.8 Å². The van der Waals surface area contributed by atoms with Gasteiger partial charge in [0.1, 0.15) is 5.75 Å². The Bertz CT molecular complexity index is 934. The lowest BCUT2D eigenvalue weighted by Gasteiger charge is -2.11. The normalized spacial score (nSPS) is 10.2. The largest absolute Gasteiger partial charge is 0.497 e. The van der Waals surface area contributed by atoms with Crippen LogP contribution < -0.4 is 10.1 Å². The van der Waals surface area contributed by atoms with Gasteiger partial charge in [-0.15, -0.1) is 0 Å². The summed E-state index contributed by atoms with van der Waals surface area (Å²) >= 11 is 0. The standard InChI is InChI=1S/C21H17NO4/c1-26-17-10-7-14(8-11-17)16-9-12-18(21(24)25)19(13-16)22-20(23)15-5-3-2-4-6-15/h2-13H,1H3,(H,22,23)(H,24,25). The van der Waals surface area contributed by atoms with Gasteiger partial charge >= 0.3 is 5.97 Å². The zero-order valence-corrected chi connectivity index (χ0v) is 14.1. The number of aromatic carboxylic acids is 1. The van der Waals surface area contributed by atoms with Crippen LogP contribution in [0, 0.1) is 0 Å². The number of benzene rings is 3. The third-order valence-corrected chi connectivity index (χ3v) is 3.96. The maximum atomic E-state index is 12.4. The van der Waals surface area contributed by atoms with Crippen molar-refractivity contribution in [2.45, 2.75) is 0 Å². The number of hydrogen-bond acceptors (Lipinski definition) is 3. The van der Waals surface area contributed by atoms with Gasteiger partial charge in [-0.05, 0) is 47.5 Å². The van der Waals surface area contributed by atoms with E-state index in [9.17, 15) is 14.7 Å². The molecule has 0 fully saturated rings. The molecule has 5 nitrogen and oxygen atoms in total. The first-order valence-corrected chi connectivity index (χ1v) is 7.96. The quantitative estimate of drug-likeness (QED) is 0.721. The van der Waals surface area contributed by atoms with Crippen LogP contribution in [0.2, 0.25) is 0 Å². The molecule has 130 valence electrons. The molecule has 2 N–H and O–H groups in total. The average Bonchev–Trinajstić information content (AvgIpc) is 2.68. The van der Waals surface area contributed by atoms with E-state index in [0.29, 0.717) is 5.56 Å². The maximum Gasteiger partial charge on any atom is 0.337 e. The van der Waals surface area contributed by atoms with Gasteiger partial charge < -0.3 is 15.2 Å². The van der Waals surface area contributed by atoms with Crippen molar-refractivity contribution in [1.82, 2.24) is 0 Å². The first kappa shape index (κ1) is 17.2. The monoisotopic (exact) mass is 347 g/mol. The summed E-state index contributed by atoms with van der Waals surface area (Å²) in [5.74, 6) is -0.733. The molecule has 0 atom stereocenters. The molecule has 3 aromatic rings. The van der Waals surface area contributed by atoms with Gasteiger partial charge in [-0.3, -0.25) is 4.79 Å². The molecule has 0 bridgehead atoms. The Morgan fingerprint density at radius 1 is 0.885 bits per heavy atom. The van der Waals surface area contributed by atoms with E-state index >= 15 is 0 Å². The molecule has 5 heteroatoms. The van der Waals surface area contributed by atoms with E-state index in [4.69, 9.17) is 4.74 Å². The van der Waals surface area contributed by atoms with Crippen molar-refractivity contribution >= 4 is 17.6 Å². The predicted octanol–water partition coefficient (Wildman–Crippen LogP) is 4.31. The highest BCUT2D eigenvalue weighted by molar-refractivity contribution is 6.08. The van der Waals surface area contributed by atoms with Gasteiger partial charge in [0.25, 0.3) is 5.91 Å². The first-order valence-electron chi connectivity index (χ1n) is 7.96. The minimum Gasteiger partial charge on any atom is -0.497 e. The van der Waals surface area contributed by atoms with Crippen molar-refractivity contribution in [2.75, 3.05) is 12.4 Å². The van der Waals surface area contributed by atoms with Gasteiger partial charge in [0.05, 0.1) is 18.4 Å². The number of carbonyl (C=O) groups excluding carboxylic acids is 1.